The van der Waals surface area contributed by atoms with Gasteiger partial charge in [0.2, 0.25) is 0 Å². The zero-order chi connectivity index (χ0) is 34.5. The molecule has 2 aliphatic rings. The number of carboxylic acid groups (broad SMARTS) is 1. The molecule has 1 saturated carbocycles. The average molecular weight is 687 g/mol. The summed E-state index contributed by atoms with van der Waals surface area (Å²) in [5.74, 6) is -3.10. The molecule has 1 aliphatic carbocycles. The number of rotatable bonds is 12. The predicted molar refractivity (Wildman–Crippen MR) is 182 cm³/mol. The van der Waals surface area contributed by atoms with Crippen LogP contribution in [0.15, 0.2) is 60.7 Å². The number of hydrogen-bond acceptors (Lipinski definition) is 7. The molecule has 0 radical (unpaired) electrons. The number of thioether (sulfide) groups is 1. The number of aliphatic carboxylic acids is 1. The Morgan fingerprint density at radius 3 is 2.20 bits per heavy atom. The number of nitrogens with one attached hydrogen (secondary N) is 1. The molecule has 1 aliphatic heterocycles. The van der Waals surface area contributed by atoms with Gasteiger partial charge in [0.25, 0.3) is 5.91 Å². The summed E-state index contributed by atoms with van der Waals surface area (Å²) in [6, 6.07) is 15.9. The third-order valence-electron chi connectivity index (χ3n) is 9.34. The first kappa shape index (κ1) is 39.1. The van der Waals surface area contributed by atoms with E-state index in [0.717, 1.165) is 35.6 Å². The van der Waals surface area contributed by atoms with Crippen molar-refractivity contribution in [3.63, 3.8) is 0 Å². The number of halogens is 2. The molecule has 2 fully saturated rings. The number of amides is 1. The van der Waals surface area contributed by atoms with E-state index >= 15 is 0 Å². The first-order valence-corrected chi connectivity index (χ1v) is 17.9. The Kier molecular flexibility index (Phi) is 13.6. The fourth-order valence-corrected chi connectivity index (χ4v) is 7.10. The molecule has 1 amide bonds. The van der Waals surface area contributed by atoms with Gasteiger partial charge in [0.1, 0.15) is 11.6 Å². The van der Waals surface area contributed by atoms with Gasteiger partial charge >= 0.3 is 18.9 Å². The van der Waals surface area contributed by atoms with E-state index in [1.54, 1.807) is 6.07 Å². The van der Waals surface area contributed by atoms with Gasteiger partial charge in [-0.2, -0.15) is 11.8 Å². The molecular weight excluding hydrogens is 641 g/mol. The zero-order valence-electron chi connectivity index (χ0n) is 29.2. The van der Waals surface area contributed by atoms with E-state index in [0.29, 0.717) is 61.6 Å². The van der Waals surface area contributed by atoms with Crippen molar-refractivity contribution in [3.05, 3.63) is 94.6 Å². The van der Waals surface area contributed by atoms with Gasteiger partial charge in [0.05, 0.1) is 25.2 Å². The molecule has 7 nitrogen and oxygen atoms in total. The fraction of sp³-hybridized carbons (Fsp3) is 0.474. The van der Waals surface area contributed by atoms with Gasteiger partial charge in [-0.3, -0.25) is 9.69 Å². The number of hydrogen-bond donors (Lipinski definition) is 1. The SMILES string of the molecule is CSCC[C@H](NC(=O)c1ccc(CN(Cc2cc(F)cc(F)c2)C2CCC3(CC2)OCC(C)(C)CO3)cc1-c1ccccc1C)C(=O)[O-].[Li+]. The van der Waals surface area contributed by atoms with Crippen molar-refractivity contribution in [2.24, 2.45) is 5.41 Å². The van der Waals surface area contributed by atoms with E-state index in [2.05, 4.69) is 24.1 Å². The minimum atomic E-state index is -1.32. The van der Waals surface area contributed by atoms with Gasteiger partial charge in [-0.05, 0) is 90.3 Å². The molecule has 1 N–H and O–H groups in total. The Balaban J connectivity index is 0.00000541. The molecule has 3 aromatic carbocycles. The summed E-state index contributed by atoms with van der Waals surface area (Å²) in [6.45, 7) is 8.26. The molecule has 258 valence electrons. The second-order valence-electron chi connectivity index (χ2n) is 13.9. The van der Waals surface area contributed by atoms with Crippen LogP contribution in [0.1, 0.15) is 73.0 Å². The Bertz CT molecular complexity index is 1580. The summed E-state index contributed by atoms with van der Waals surface area (Å²) in [7, 11) is 0. The van der Waals surface area contributed by atoms with Gasteiger partial charge in [-0.25, -0.2) is 8.78 Å². The van der Waals surface area contributed by atoms with Crippen LogP contribution in [0.4, 0.5) is 8.78 Å². The third kappa shape index (κ3) is 10.2. The van der Waals surface area contributed by atoms with Gasteiger partial charge < -0.3 is 24.7 Å². The van der Waals surface area contributed by atoms with Crippen molar-refractivity contribution in [1.29, 1.82) is 0 Å². The number of carbonyl (C=O) groups is 2. The summed E-state index contributed by atoms with van der Waals surface area (Å²) in [4.78, 5) is 27.6. The number of ether oxygens (including phenoxy) is 2. The molecule has 1 heterocycles. The first-order valence-electron chi connectivity index (χ1n) is 16.5. The number of nitrogens with zero attached hydrogens (tertiary/aromatic N) is 1. The Morgan fingerprint density at radius 1 is 0.959 bits per heavy atom. The maximum absolute atomic E-state index is 14.3. The average Bonchev–Trinajstić information content (AvgIpc) is 3.04. The largest absolute Gasteiger partial charge is 1.00 e. The molecular formula is C38H45F2LiN2O5S. The summed E-state index contributed by atoms with van der Waals surface area (Å²) in [5.41, 5.74) is 4.26. The van der Waals surface area contributed by atoms with E-state index in [9.17, 15) is 23.5 Å². The molecule has 0 unspecified atom stereocenters. The number of aryl methyl sites for hydroxylation is 1. The van der Waals surface area contributed by atoms with Crippen molar-refractivity contribution in [2.75, 3.05) is 25.2 Å². The minimum absolute atomic E-state index is 0. The molecule has 5 rings (SSSR count). The van der Waals surface area contributed by atoms with Crippen LogP contribution in [0.5, 0.6) is 0 Å². The van der Waals surface area contributed by atoms with Crippen LogP contribution in [0.3, 0.4) is 0 Å². The molecule has 49 heavy (non-hydrogen) atoms. The summed E-state index contributed by atoms with van der Waals surface area (Å²) in [6.07, 6.45) is 5.12. The normalized spacial score (nSPS) is 17.8. The Labute approximate surface area is 304 Å². The maximum Gasteiger partial charge on any atom is 1.00 e. The molecule has 1 atom stereocenters. The molecule has 1 spiro atoms. The van der Waals surface area contributed by atoms with Gasteiger partial charge in [-0.1, -0.05) is 44.2 Å². The minimum Gasteiger partial charge on any atom is -0.548 e. The second kappa shape index (κ2) is 17.0. The van der Waals surface area contributed by atoms with Crippen LogP contribution in [-0.2, 0) is 27.4 Å². The smallest absolute Gasteiger partial charge is 0.548 e. The fourth-order valence-electron chi connectivity index (χ4n) is 6.63. The van der Waals surface area contributed by atoms with Crippen molar-refractivity contribution in [1.82, 2.24) is 10.2 Å². The number of carboxylic acids is 1. The van der Waals surface area contributed by atoms with Crippen molar-refractivity contribution in [2.45, 2.75) is 83.8 Å². The van der Waals surface area contributed by atoms with Crippen LogP contribution < -0.4 is 29.3 Å². The third-order valence-corrected chi connectivity index (χ3v) is 9.99. The van der Waals surface area contributed by atoms with Crippen molar-refractivity contribution >= 4 is 23.6 Å². The van der Waals surface area contributed by atoms with E-state index in [1.807, 2.05) is 49.6 Å². The van der Waals surface area contributed by atoms with E-state index < -0.39 is 35.3 Å². The number of carbonyl (C=O) groups excluding carboxylic acids is 2. The maximum atomic E-state index is 14.3. The Morgan fingerprint density at radius 2 is 1.59 bits per heavy atom. The zero-order valence-corrected chi connectivity index (χ0v) is 30.0. The molecule has 0 bridgehead atoms. The quantitative estimate of drug-likeness (QED) is 0.293. The van der Waals surface area contributed by atoms with Crippen LogP contribution in [0.2, 0.25) is 0 Å². The predicted octanol–water partition coefficient (Wildman–Crippen LogP) is 3.26. The van der Waals surface area contributed by atoms with Crippen molar-refractivity contribution < 1.29 is 51.8 Å². The topological polar surface area (TPSA) is 90.9 Å². The van der Waals surface area contributed by atoms with Crippen LogP contribution in [-0.4, -0.2) is 59.9 Å². The first-order chi connectivity index (χ1) is 22.9. The van der Waals surface area contributed by atoms with E-state index in [4.69, 9.17) is 9.47 Å². The summed E-state index contributed by atoms with van der Waals surface area (Å²) < 4.78 is 41.1. The van der Waals surface area contributed by atoms with E-state index in [-0.39, 0.29) is 36.7 Å². The molecule has 11 heteroatoms. The van der Waals surface area contributed by atoms with Crippen molar-refractivity contribution in [3.8, 4) is 11.1 Å². The molecule has 0 aromatic heterocycles. The van der Waals surface area contributed by atoms with Crippen LogP contribution >= 0.6 is 11.8 Å². The van der Waals surface area contributed by atoms with Gasteiger partial charge in [0, 0.05) is 49.0 Å². The standard InChI is InChI=1S/C38H46F2N2O5S.Li/c1-25-7-5-6-8-31(25)33-19-26(9-10-32(33)35(43)41-34(36(44)45)13-16-48-4)21-42(22-27-17-28(39)20-29(40)18-27)30-11-14-38(15-12-30)46-23-37(2,3)24-47-38;/h5-10,17-20,30,34H,11-16,21-24H2,1-4H3,(H,41,43)(H,44,45);/q;+1/p-1/t34-;/m0./s1. The summed E-state index contributed by atoms with van der Waals surface area (Å²) in [5, 5.41) is 14.5. The second-order valence-corrected chi connectivity index (χ2v) is 14.9. The van der Waals surface area contributed by atoms with Gasteiger partial charge in [0.15, 0.2) is 5.79 Å². The van der Waals surface area contributed by atoms with Crippen LogP contribution in [0.25, 0.3) is 11.1 Å². The molecule has 1 saturated heterocycles. The van der Waals surface area contributed by atoms with E-state index in [1.165, 1.54) is 23.9 Å². The summed E-state index contributed by atoms with van der Waals surface area (Å²) >= 11 is 1.50. The van der Waals surface area contributed by atoms with Gasteiger partial charge in [-0.15, -0.1) is 0 Å². The Hall–Kier alpha value is -2.71. The monoisotopic (exact) mass is 686 g/mol. The molecule has 3 aromatic rings. The number of benzene rings is 3. The van der Waals surface area contributed by atoms with Crippen LogP contribution in [0, 0.1) is 24.0 Å².